The van der Waals surface area contributed by atoms with Gasteiger partial charge in [-0.3, -0.25) is 19.8 Å². The van der Waals surface area contributed by atoms with Crippen LogP contribution in [0.15, 0.2) is 4.79 Å². The molecule has 3 N–H and O–H groups in total. The van der Waals surface area contributed by atoms with E-state index in [1.807, 2.05) is 0 Å². The minimum absolute atomic E-state index is 0.117. The van der Waals surface area contributed by atoms with Gasteiger partial charge >= 0.3 is 0 Å². The van der Waals surface area contributed by atoms with Crippen LogP contribution in [0.1, 0.15) is 16.1 Å². The predicted octanol–water partition coefficient (Wildman–Crippen LogP) is -0.586. The second-order valence-corrected chi connectivity index (χ2v) is 2.53. The van der Waals surface area contributed by atoms with Gasteiger partial charge in [-0.1, -0.05) is 0 Å². The molecule has 0 aromatic carbocycles. The molecule has 0 spiro atoms. The maximum absolute atomic E-state index is 11.2. The number of rotatable bonds is 3. The molecule has 5 heteroatoms. The van der Waals surface area contributed by atoms with Crippen LogP contribution in [0.4, 0.5) is 0 Å². The van der Waals surface area contributed by atoms with E-state index in [1.54, 1.807) is 14.0 Å². The first-order valence-corrected chi connectivity index (χ1v) is 3.62. The SMILES string of the molecule is CNCC(=O)c1[nH][nH]c(=O)c1C. The maximum atomic E-state index is 11.2. The lowest BCUT2D eigenvalue weighted by Gasteiger charge is -1.95. The normalized spacial score (nSPS) is 10.2. The zero-order chi connectivity index (χ0) is 9.14. The van der Waals surface area contributed by atoms with Crippen LogP contribution in [0.25, 0.3) is 0 Å². The zero-order valence-corrected chi connectivity index (χ0v) is 7.02. The van der Waals surface area contributed by atoms with Crippen molar-refractivity contribution in [3.05, 3.63) is 21.6 Å². The second kappa shape index (κ2) is 3.36. The summed E-state index contributed by atoms with van der Waals surface area (Å²) in [5.41, 5.74) is 0.555. The highest BCUT2D eigenvalue weighted by Crippen LogP contribution is 1.96. The maximum Gasteiger partial charge on any atom is 0.267 e. The summed E-state index contributed by atoms with van der Waals surface area (Å²) in [7, 11) is 1.68. The lowest BCUT2D eigenvalue weighted by Crippen LogP contribution is -2.20. The van der Waals surface area contributed by atoms with Gasteiger partial charge in [0.1, 0.15) is 5.69 Å². The molecule has 0 amide bonds. The fourth-order valence-corrected chi connectivity index (χ4v) is 0.948. The average molecular weight is 169 g/mol. The van der Waals surface area contributed by atoms with Gasteiger partial charge in [-0.25, -0.2) is 0 Å². The number of hydrogen-bond donors (Lipinski definition) is 3. The fourth-order valence-electron chi connectivity index (χ4n) is 0.948. The monoisotopic (exact) mass is 169 g/mol. The number of H-pyrrole nitrogens is 2. The van der Waals surface area contributed by atoms with Crippen LogP contribution in [-0.2, 0) is 0 Å². The summed E-state index contributed by atoms with van der Waals surface area (Å²) in [5, 5.41) is 7.60. The summed E-state index contributed by atoms with van der Waals surface area (Å²) in [4.78, 5) is 22.1. The Kier molecular flexibility index (Phi) is 2.44. The van der Waals surface area contributed by atoms with E-state index in [0.29, 0.717) is 11.3 Å². The molecular formula is C7H11N3O2. The topological polar surface area (TPSA) is 77.8 Å². The molecule has 0 aliphatic heterocycles. The predicted molar refractivity (Wildman–Crippen MR) is 44.4 cm³/mol. The van der Waals surface area contributed by atoms with Crippen LogP contribution in [0, 0.1) is 6.92 Å². The Morgan fingerprint density at radius 2 is 2.17 bits per heavy atom. The van der Waals surface area contributed by atoms with Crippen molar-refractivity contribution in [3.63, 3.8) is 0 Å². The molecule has 12 heavy (non-hydrogen) atoms. The van der Waals surface area contributed by atoms with Crippen molar-refractivity contribution < 1.29 is 4.79 Å². The van der Waals surface area contributed by atoms with Gasteiger partial charge in [0.25, 0.3) is 5.56 Å². The number of hydrogen-bond acceptors (Lipinski definition) is 3. The van der Waals surface area contributed by atoms with Crippen molar-refractivity contribution >= 4 is 5.78 Å². The van der Waals surface area contributed by atoms with Crippen LogP contribution in [0.5, 0.6) is 0 Å². The van der Waals surface area contributed by atoms with Crippen LogP contribution < -0.4 is 10.9 Å². The van der Waals surface area contributed by atoms with E-state index < -0.39 is 0 Å². The minimum Gasteiger partial charge on any atom is -0.313 e. The van der Waals surface area contributed by atoms with Gasteiger partial charge in [0.05, 0.1) is 6.54 Å². The molecule has 0 bridgehead atoms. The van der Waals surface area contributed by atoms with Crippen molar-refractivity contribution in [2.24, 2.45) is 0 Å². The first-order chi connectivity index (χ1) is 5.66. The Morgan fingerprint density at radius 3 is 2.58 bits per heavy atom. The second-order valence-electron chi connectivity index (χ2n) is 2.53. The molecule has 5 nitrogen and oxygen atoms in total. The molecule has 1 aromatic rings. The summed E-state index contributed by atoms with van der Waals surface area (Å²) < 4.78 is 0. The van der Waals surface area contributed by atoms with Crippen LogP contribution >= 0.6 is 0 Å². The van der Waals surface area contributed by atoms with Crippen LogP contribution in [0.2, 0.25) is 0 Å². The van der Waals surface area contributed by atoms with Crippen LogP contribution in [0.3, 0.4) is 0 Å². The van der Waals surface area contributed by atoms with E-state index in [4.69, 9.17) is 0 Å². The molecule has 1 rings (SSSR count). The number of ketones is 1. The summed E-state index contributed by atoms with van der Waals surface area (Å²) in [6.45, 7) is 1.84. The zero-order valence-electron chi connectivity index (χ0n) is 7.02. The van der Waals surface area contributed by atoms with E-state index in [-0.39, 0.29) is 17.9 Å². The van der Waals surface area contributed by atoms with Gasteiger partial charge in [-0.2, -0.15) is 0 Å². The lowest BCUT2D eigenvalue weighted by molar-refractivity contribution is 0.0988. The molecule has 66 valence electrons. The van der Waals surface area contributed by atoms with E-state index in [1.165, 1.54) is 0 Å². The lowest BCUT2D eigenvalue weighted by atomic mass is 10.2. The van der Waals surface area contributed by atoms with E-state index in [2.05, 4.69) is 15.5 Å². The van der Waals surface area contributed by atoms with Gasteiger partial charge in [-0.05, 0) is 14.0 Å². The van der Waals surface area contributed by atoms with Gasteiger partial charge in [-0.15, -0.1) is 0 Å². The summed E-state index contributed by atoms with van der Waals surface area (Å²) >= 11 is 0. The molecule has 0 aliphatic rings. The fraction of sp³-hybridized carbons (Fsp3) is 0.429. The molecule has 0 unspecified atom stereocenters. The van der Waals surface area contributed by atoms with Crippen molar-refractivity contribution in [1.29, 1.82) is 0 Å². The minimum atomic E-state index is -0.241. The number of carbonyl (C=O) groups excluding carboxylic acids is 1. The van der Waals surface area contributed by atoms with Crippen molar-refractivity contribution in [2.75, 3.05) is 13.6 Å². The molecule has 0 radical (unpaired) electrons. The van der Waals surface area contributed by atoms with E-state index in [9.17, 15) is 9.59 Å². The third-order valence-corrected chi connectivity index (χ3v) is 1.63. The van der Waals surface area contributed by atoms with Crippen molar-refractivity contribution in [1.82, 2.24) is 15.5 Å². The van der Waals surface area contributed by atoms with Gasteiger partial charge in [0.15, 0.2) is 5.78 Å². The number of likely N-dealkylation sites (N-methyl/N-ethyl adjacent to an activating group) is 1. The number of aromatic amines is 2. The highest BCUT2D eigenvalue weighted by atomic mass is 16.1. The van der Waals surface area contributed by atoms with Gasteiger partial charge in [0.2, 0.25) is 0 Å². The first-order valence-electron chi connectivity index (χ1n) is 3.62. The van der Waals surface area contributed by atoms with Gasteiger partial charge in [0, 0.05) is 5.56 Å². The Bertz CT molecular complexity index is 337. The molecule has 0 saturated heterocycles. The van der Waals surface area contributed by atoms with E-state index >= 15 is 0 Å². The summed E-state index contributed by atoms with van der Waals surface area (Å²) in [6.07, 6.45) is 0. The van der Waals surface area contributed by atoms with Gasteiger partial charge < -0.3 is 5.32 Å². The molecule has 0 saturated carbocycles. The van der Waals surface area contributed by atoms with Crippen molar-refractivity contribution in [2.45, 2.75) is 6.92 Å². The number of carbonyl (C=O) groups is 1. The Hall–Kier alpha value is -1.36. The average Bonchev–Trinajstić information content (AvgIpc) is 2.34. The largest absolute Gasteiger partial charge is 0.313 e. The smallest absolute Gasteiger partial charge is 0.267 e. The highest BCUT2D eigenvalue weighted by molar-refractivity contribution is 5.96. The Labute approximate surface area is 69.2 Å². The molecule has 0 aliphatic carbocycles. The van der Waals surface area contributed by atoms with Crippen LogP contribution in [-0.4, -0.2) is 29.6 Å². The number of nitrogens with one attached hydrogen (secondary N) is 3. The quantitative estimate of drug-likeness (QED) is 0.529. The number of aromatic nitrogens is 2. The summed E-state index contributed by atoms with van der Waals surface area (Å²) in [5.74, 6) is -0.117. The number of Topliss-reactive ketones (excluding diaryl/α,β-unsaturated/α-hetero) is 1. The third-order valence-electron chi connectivity index (χ3n) is 1.63. The Morgan fingerprint density at radius 1 is 1.50 bits per heavy atom. The summed E-state index contributed by atoms with van der Waals surface area (Å²) in [6, 6.07) is 0. The standard InChI is InChI=1S/C7H11N3O2/c1-4-6(5(11)3-8-2)9-10-7(4)12/h8H,3H2,1-2H3,(H2,9,10,12). The first kappa shape index (κ1) is 8.73. The molecule has 0 atom stereocenters. The molecule has 1 heterocycles. The van der Waals surface area contributed by atoms with Crippen molar-refractivity contribution in [3.8, 4) is 0 Å². The molecule has 0 fully saturated rings. The Balaban J connectivity index is 2.96. The highest BCUT2D eigenvalue weighted by Gasteiger charge is 2.11. The van der Waals surface area contributed by atoms with E-state index in [0.717, 1.165) is 0 Å². The third kappa shape index (κ3) is 1.45. The molecule has 1 aromatic heterocycles. The molecular weight excluding hydrogens is 158 g/mol.